The first kappa shape index (κ1) is 12.6. The predicted molar refractivity (Wildman–Crippen MR) is 73.3 cm³/mol. The van der Waals surface area contributed by atoms with Gasteiger partial charge in [-0.05, 0) is 36.2 Å². The van der Waals surface area contributed by atoms with Crippen molar-refractivity contribution >= 4 is 0 Å². The van der Waals surface area contributed by atoms with Crippen LogP contribution in [-0.2, 0) is 5.66 Å². The lowest BCUT2D eigenvalue weighted by atomic mass is 9.99. The highest BCUT2D eigenvalue weighted by molar-refractivity contribution is 5.34. The molecule has 0 amide bonds. The van der Waals surface area contributed by atoms with E-state index in [9.17, 15) is 0 Å². The molecule has 18 heavy (non-hydrogen) atoms. The first-order valence-electron chi connectivity index (χ1n) is 6.03. The lowest BCUT2D eigenvalue weighted by molar-refractivity contribution is 0.445. The molecule has 0 spiro atoms. The van der Waals surface area contributed by atoms with E-state index in [-0.39, 0.29) is 0 Å². The zero-order valence-corrected chi connectivity index (χ0v) is 10.5. The highest BCUT2D eigenvalue weighted by Crippen LogP contribution is 2.24. The molecule has 0 heterocycles. The second kappa shape index (κ2) is 5.21. The van der Waals surface area contributed by atoms with E-state index in [4.69, 9.17) is 16.2 Å². The Bertz CT molecular complexity index is 492. The molecule has 0 aliphatic carbocycles. The van der Waals surface area contributed by atoms with Crippen LogP contribution in [0.5, 0.6) is 11.5 Å². The van der Waals surface area contributed by atoms with Crippen LogP contribution in [0.4, 0.5) is 0 Å². The molecule has 0 radical (unpaired) electrons. The Hall–Kier alpha value is -1.84. The molecular weight excluding hydrogens is 224 g/mol. The molecule has 3 nitrogen and oxygen atoms in total. The molecule has 3 heteroatoms. The van der Waals surface area contributed by atoms with E-state index in [1.54, 1.807) is 0 Å². The lowest BCUT2D eigenvalue weighted by Crippen LogP contribution is -2.45. The number of ether oxygens (including phenoxy) is 1. The molecule has 0 saturated heterocycles. The van der Waals surface area contributed by atoms with E-state index in [1.807, 2.05) is 61.5 Å². The second-order valence-electron chi connectivity index (χ2n) is 4.33. The predicted octanol–water partition coefficient (Wildman–Crippen LogP) is 2.96. The van der Waals surface area contributed by atoms with Crippen molar-refractivity contribution in [3.05, 3.63) is 60.2 Å². The number of hydrogen-bond acceptors (Lipinski definition) is 3. The zero-order chi connectivity index (χ0) is 13.0. The van der Waals surface area contributed by atoms with Crippen LogP contribution in [-0.4, -0.2) is 0 Å². The van der Waals surface area contributed by atoms with Crippen molar-refractivity contribution in [2.45, 2.75) is 19.0 Å². The van der Waals surface area contributed by atoms with Gasteiger partial charge in [0.2, 0.25) is 0 Å². The summed E-state index contributed by atoms with van der Waals surface area (Å²) in [6.07, 6.45) is 0.686. The van der Waals surface area contributed by atoms with E-state index in [2.05, 4.69) is 0 Å². The van der Waals surface area contributed by atoms with Gasteiger partial charge in [-0.1, -0.05) is 37.3 Å². The fourth-order valence-corrected chi connectivity index (χ4v) is 1.66. The van der Waals surface area contributed by atoms with Crippen molar-refractivity contribution in [1.82, 2.24) is 0 Å². The van der Waals surface area contributed by atoms with Crippen molar-refractivity contribution in [2.24, 2.45) is 11.5 Å². The smallest absolute Gasteiger partial charge is 0.127 e. The maximum absolute atomic E-state index is 5.98. The highest BCUT2D eigenvalue weighted by Gasteiger charge is 2.18. The van der Waals surface area contributed by atoms with Crippen molar-refractivity contribution < 1.29 is 4.74 Å². The summed E-state index contributed by atoms with van der Waals surface area (Å²) in [5.74, 6) is 1.59. The Balaban J connectivity index is 2.14. The topological polar surface area (TPSA) is 61.3 Å². The van der Waals surface area contributed by atoms with Gasteiger partial charge in [0.1, 0.15) is 11.5 Å². The quantitative estimate of drug-likeness (QED) is 0.810. The zero-order valence-electron chi connectivity index (χ0n) is 10.5. The number of benzene rings is 2. The molecule has 0 aliphatic rings. The normalized spacial score (nSPS) is 11.3. The van der Waals surface area contributed by atoms with Crippen LogP contribution in [0.2, 0.25) is 0 Å². The molecule has 0 fully saturated rings. The summed E-state index contributed by atoms with van der Waals surface area (Å²) in [7, 11) is 0. The van der Waals surface area contributed by atoms with Crippen molar-refractivity contribution in [3.8, 4) is 11.5 Å². The summed E-state index contributed by atoms with van der Waals surface area (Å²) in [6.45, 7) is 1.97. The van der Waals surface area contributed by atoms with E-state index in [1.165, 1.54) is 0 Å². The van der Waals surface area contributed by atoms with Gasteiger partial charge < -0.3 is 16.2 Å². The Kier molecular flexibility index (Phi) is 3.65. The number of hydrogen-bond donors (Lipinski definition) is 2. The van der Waals surface area contributed by atoms with Gasteiger partial charge in [0.15, 0.2) is 0 Å². The van der Waals surface area contributed by atoms with Gasteiger partial charge in [-0.25, -0.2) is 0 Å². The maximum Gasteiger partial charge on any atom is 0.127 e. The summed E-state index contributed by atoms with van der Waals surface area (Å²) < 4.78 is 5.70. The molecule has 0 aliphatic heterocycles. The molecule has 4 N–H and O–H groups in total. The summed E-state index contributed by atoms with van der Waals surface area (Å²) in [6, 6.07) is 17.2. The Morgan fingerprint density at radius 2 is 1.44 bits per heavy atom. The van der Waals surface area contributed by atoms with Crippen molar-refractivity contribution in [2.75, 3.05) is 0 Å². The van der Waals surface area contributed by atoms with E-state index >= 15 is 0 Å². The maximum atomic E-state index is 5.98. The van der Waals surface area contributed by atoms with Gasteiger partial charge in [0.05, 0.1) is 5.66 Å². The molecule has 2 aromatic carbocycles. The molecule has 94 valence electrons. The highest BCUT2D eigenvalue weighted by atomic mass is 16.5. The van der Waals surface area contributed by atoms with E-state index in [0.717, 1.165) is 17.1 Å². The Morgan fingerprint density at radius 1 is 0.889 bits per heavy atom. The number of nitrogens with two attached hydrogens (primary N) is 2. The third-order valence-corrected chi connectivity index (χ3v) is 2.96. The molecule has 0 unspecified atom stereocenters. The number of rotatable bonds is 4. The van der Waals surface area contributed by atoms with Gasteiger partial charge in [-0.2, -0.15) is 0 Å². The average molecular weight is 242 g/mol. The summed E-state index contributed by atoms with van der Waals surface area (Å²) in [5, 5.41) is 0. The second-order valence-corrected chi connectivity index (χ2v) is 4.33. The van der Waals surface area contributed by atoms with Gasteiger partial charge in [-0.3, -0.25) is 0 Å². The first-order valence-corrected chi connectivity index (χ1v) is 6.03. The van der Waals surface area contributed by atoms with Crippen LogP contribution in [0.1, 0.15) is 18.9 Å². The Labute approximate surface area is 107 Å². The molecule has 0 aromatic heterocycles. The van der Waals surface area contributed by atoms with Crippen LogP contribution in [0.3, 0.4) is 0 Å². The molecular formula is C15H18N2O. The molecule has 0 bridgehead atoms. The van der Waals surface area contributed by atoms with Crippen LogP contribution < -0.4 is 16.2 Å². The van der Waals surface area contributed by atoms with Crippen molar-refractivity contribution in [3.63, 3.8) is 0 Å². The fraction of sp³-hybridized carbons (Fsp3) is 0.200. The Morgan fingerprint density at radius 3 is 2.00 bits per heavy atom. The minimum absolute atomic E-state index is 0.686. The van der Waals surface area contributed by atoms with Gasteiger partial charge in [0, 0.05) is 0 Å². The van der Waals surface area contributed by atoms with Crippen LogP contribution >= 0.6 is 0 Å². The molecule has 0 saturated carbocycles. The van der Waals surface area contributed by atoms with Crippen LogP contribution in [0, 0.1) is 0 Å². The SMILES string of the molecule is CCC(N)(N)c1ccc(Oc2ccccc2)cc1. The minimum atomic E-state index is -0.773. The third-order valence-electron chi connectivity index (χ3n) is 2.96. The molecule has 0 atom stereocenters. The first-order chi connectivity index (χ1) is 8.62. The van der Waals surface area contributed by atoms with Crippen molar-refractivity contribution in [1.29, 1.82) is 0 Å². The summed E-state index contributed by atoms with van der Waals surface area (Å²) in [4.78, 5) is 0. The summed E-state index contributed by atoms with van der Waals surface area (Å²) in [5.41, 5.74) is 12.1. The van der Waals surface area contributed by atoms with E-state index < -0.39 is 5.66 Å². The van der Waals surface area contributed by atoms with Crippen LogP contribution in [0.15, 0.2) is 54.6 Å². The van der Waals surface area contributed by atoms with Crippen LogP contribution in [0.25, 0.3) is 0 Å². The standard InChI is InChI=1S/C15H18N2O/c1-2-15(16,17)12-8-10-14(11-9-12)18-13-6-4-3-5-7-13/h3-11H,2,16-17H2,1H3. The monoisotopic (exact) mass is 242 g/mol. The molecule has 2 aromatic rings. The largest absolute Gasteiger partial charge is 0.457 e. The summed E-state index contributed by atoms with van der Waals surface area (Å²) >= 11 is 0. The minimum Gasteiger partial charge on any atom is -0.457 e. The number of para-hydroxylation sites is 1. The average Bonchev–Trinajstić information content (AvgIpc) is 2.40. The lowest BCUT2D eigenvalue weighted by Gasteiger charge is -2.23. The van der Waals surface area contributed by atoms with Gasteiger partial charge in [0.25, 0.3) is 0 Å². The van der Waals surface area contributed by atoms with Gasteiger partial charge in [-0.15, -0.1) is 0 Å². The third kappa shape index (κ3) is 2.88. The van der Waals surface area contributed by atoms with E-state index in [0.29, 0.717) is 6.42 Å². The molecule has 2 rings (SSSR count). The van der Waals surface area contributed by atoms with Gasteiger partial charge >= 0.3 is 0 Å². The fourth-order valence-electron chi connectivity index (χ4n) is 1.66.